The minimum atomic E-state index is -0.319. The fourth-order valence-corrected chi connectivity index (χ4v) is 4.57. The van der Waals surface area contributed by atoms with Crippen molar-refractivity contribution in [1.82, 2.24) is 14.5 Å². The third-order valence-corrected chi connectivity index (χ3v) is 6.59. The Morgan fingerprint density at radius 1 is 1.03 bits per heavy atom. The largest absolute Gasteiger partial charge is 0.497 e. The number of hydrogen-bond acceptors (Lipinski definition) is 6. The van der Waals surface area contributed by atoms with E-state index < -0.39 is 0 Å². The average molecular weight is 507 g/mol. The van der Waals surface area contributed by atoms with E-state index in [1.54, 1.807) is 26.2 Å². The van der Waals surface area contributed by atoms with Crippen molar-refractivity contribution in [2.75, 3.05) is 46.3 Å². The van der Waals surface area contributed by atoms with Gasteiger partial charge in [-0.3, -0.25) is 19.5 Å². The van der Waals surface area contributed by atoms with Gasteiger partial charge in [-0.15, -0.1) is 0 Å². The van der Waals surface area contributed by atoms with Crippen molar-refractivity contribution < 1.29 is 23.8 Å². The van der Waals surface area contributed by atoms with Crippen molar-refractivity contribution in [3.05, 3.63) is 54.7 Å². The summed E-state index contributed by atoms with van der Waals surface area (Å²) in [6, 6.07) is 15.0. The molecule has 9 heteroatoms. The van der Waals surface area contributed by atoms with Gasteiger partial charge in [-0.2, -0.15) is 0 Å². The highest BCUT2D eigenvalue weighted by molar-refractivity contribution is 5.94. The van der Waals surface area contributed by atoms with Crippen LogP contribution in [0.15, 0.2) is 54.7 Å². The van der Waals surface area contributed by atoms with Gasteiger partial charge in [0.05, 0.1) is 26.5 Å². The van der Waals surface area contributed by atoms with Crippen molar-refractivity contribution in [2.24, 2.45) is 5.92 Å². The minimum Gasteiger partial charge on any atom is -0.497 e. The molecule has 3 aromatic rings. The molecule has 0 spiro atoms. The number of benzene rings is 2. The van der Waals surface area contributed by atoms with E-state index in [4.69, 9.17) is 19.2 Å². The van der Waals surface area contributed by atoms with E-state index in [2.05, 4.69) is 5.32 Å². The van der Waals surface area contributed by atoms with Crippen LogP contribution in [0.25, 0.3) is 16.9 Å². The summed E-state index contributed by atoms with van der Waals surface area (Å²) in [5.41, 5.74) is 2.32. The minimum absolute atomic E-state index is 0.0141. The second kappa shape index (κ2) is 12.4. The quantitative estimate of drug-likeness (QED) is 0.420. The molecule has 2 amide bonds. The van der Waals surface area contributed by atoms with Crippen LogP contribution >= 0.6 is 0 Å². The van der Waals surface area contributed by atoms with Gasteiger partial charge in [-0.05, 0) is 49.2 Å². The third kappa shape index (κ3) is 6.48. The fourth-order valence-electron chi connectivity index (χ4n) is 4.57. The normalized spacial score (nSPS) is 13.4. The molecule has 1 saturated carbocycles. The molecule has 1 aliphatic carbocycles. The average Bonchev–Trinajstić information content (AvgIpc) is 3.61. The maximum atomic E-state index is 13.2. The first-order valence-electron chi connectivity index (χ1n) is 12.5. The first-order valence-corrected chi connectivity index (χ1v) is 12.5. The molecule has 0 bridgehead atoms. The van der Waals surface area contributed by atoms with Gasteiger partial charge in [0.1, 0.15) is 18.0 Å². The number of ether oxygens (including phenoxy) is 3. The van der Waals surface area contributed by atoms with Crippen LogP contribution in [0.2, 0.25) is 0 Å². The van der Waals surface area contributed by atoms with Crippen LogP contribution in [-0.2, 0) is 14.3 Å². The highest BCUT2D eigenvalue weighted by atomic mass is 16.5. The van der Waals surface area contributed by atoms with Gasteiger partial charge >= 0.3 is 0 Å². The second-order valence-corrected chi connectivity index (χ2v) is 9.03. The van der Waals surface area contributed by atoms with E-state index in [9.17, 15) is 9.59 Å². The Bertz CT molecular complexity index is 1200. The number of anilines is 1. The van der Waals surface area contributed by atoms with Crippen molar-refractivity contribution >= 4 is 17.8 Å². The predicted octanol–water partition coefficient (Wildman–Crippen LogP) is 4.16. The number of aromatic nitrogens is 2. The molecule has 0 aliphatic heterocycles. The lowest BCUT2D eigenvalue weighted by Gasteiger charge is -2.24. The molecular formula is C28H34N4O5. The molecule has 0 unspecified atom stereocenters. The summed E-state index contributed by atoms with van der Waals surface area (Å²) >= 11 is 0. The van der Waals surface area contributed by atoms with E-state index >= 15 is 0 Å². The Kier molecular flexibility index (Phi) is 8.79. The van der Waals surface area contributed by atoms with Crippen LogP contribution in [0.3, 0.4) is 0 Å². The second-order valence-electron chi connectivity index (χ2n) is 9.03. The summed E-state index contributed by atoms with van der Waals surface area (Å²) in [5, 5.41) is 2.92. The summed E-state index contributed by atoms with van der Waals surface area (Å²) in [5.74, 6) is 1.46. The van der Waals surface area contributed by atoms with Gasteiger partial charge in [-0.1, -0.05) is 25.0 Å². The van der Waals surface area contributed by atoms with Gasteiger partial charge in [0.15, 0.2) is 0 Å². The number of nitrogens with zero attached hydrogens (tertiary/aromatic N) is 3. The highest BCUT2D eigenvalue weighted by Gasteiger charge is 2.28. The number of hydrogen-bond donors (Lipinski definition) is 1. The summed E-state index contributed by atoms with van der Waals surface area (Å²) < 4.78 is 17.6. The Morgan fingerprint density at radius 2 is 1.76 bits per heavy atom. The number of nitrogens with one attached hydrogen (secondary N) is 1. The van der Waals surface area contributed by atoms with E-state index in [0.29, 0.717) is 30.5 Å². The summed E-state index contributed by atoms with van der Waals surface area (Å²) in [7, 11) is 4.81. The van der Waals surface area contributed by atoms with Gasteiger partial charge in [0.2, 0.25) is 17.8 Å². The molecular weight excluding hydrogens is 472 g/mol. The van der Waals surface area contributed by atoms with Crippen LogP contribution in [0.1, 0.15) is 25.7 Å². The number of carbonyl (C=O) groups excluding carboxylic acids is 2. The SMILES string of the molecule is COCCN(CC(=O)Nc1nc(-c2cccc(OC)c2)cn1-c1ccc(OC)cc1)C(=O)C1CCCC1. The standard InChI is InChI=1S/C28H34N4O5/c1-35-16-15-31(27(34)20-7-4-5-8-20)19-26(33)30-28-29-25(21-9-6-10-24(17-21)37-3)18-32(28)22-11-13-23(36-2)14-12-22/h6,9-14,17-18,20H,4-5,7-8,15-16,19H2,1-3H3,(H,29,30,33). The predicted molar refractivity (Wildman–Crippen MR) is 141 cm³/mol. The number of imidazole rings is 1. The fraction of sp³-hybridized carbons (Fsp3) is 0.393. The van der Waals surface area contributed by atoms with Crippen molar-refractivity contribution in [2.45, 2.75) is 25.7 Å². The van der Waals surface area contributed by atoms with Gasteiger partial charge in [0.25, 0.3) is 0 Å². The lowest BCUT2D eigenvalue weighted by molar-refractivity contribution is -0.138. The van der Waals surface area contributed by atoms with Gasteiger partial charge < -0.3 is 19.1 Å². The molecule has 9 nitrogen and oxygen atoms in total. The zero-order valence-electron chi connectivity index (χ0n) is 21.6. The molecule has 0 saturated heterocycles. The molecule has 1 heterocycles. The van der Waals surface area contributed by atoms with Gasteiger partial charge in [-0.25, -0.2) is 4.98 Å². The smallest absolute Gasteiger partial charge is 0.246 e. The molecule has 1 aliphatic rings. The number of amides is 2. The molecule has 0 radical (unpaired) electrons. The zero-order chi connectivity index (χ0) is 26.2. The Balaban J connectivity index is 1.60. The van der Waals surface area contributed by atoms with Crippen molar-refractivity contribution in [3.63, 3.8) is 0 Å². The Labute approximate surface area is 217 Å². The Morgan fingerprint density at radius 3 is 2.43 bits per heavy atom. The molecule has 2 aromatic carbocycles. The molecule has 4 rings (SSSR count). The summed E-state index contributed by atoms with van der Waals surface area (Å²) in [6.45, 7) is 0.663. The van der Waals surface area contributed by atoms with Crippen LogP contribution in [0.4, 0.5) is 5.95 Å². The van der Waals surface area contributed by atoms with E-state index in [1.807, 2.05) is 59.3 Å². The topological polar surface area (TPSA) is 94.9 Å². The monoisotopic (exact) mass is 506 g/mol. The number of carbonyl (C=O) groups is 2. The van der Waals surface area contributed by atoms with Gasteiger partial charge in [0, 0.05) is 37.0 Å². The maximum absolute atomic E-state index is 13.2. The number of methoxy groups -OCH3 is 3. The first-order chi connectivity index (χ1) is 18.0. The van der Waals surface area contributed by atoms with Crippen LogP contribution < -0.4 is 14.8 Å². The Hall–Kier alpha value is -3.85. The lowest BCUT2D eigenvalue weighted by Crippen LogP contribution is -2.42. The zero-order valence-corrected chi connectivity index (χ0v) is 21.6. The number of rotatable bonds is 11. The summed E-state index contributed by atoms with van der Waals surface area (Å²) in [4.78, 5) is 32.6. The molecule has 0 atom stereocenters. The van der Waals surface area contributed by atoms with E-state index in [1.165, 1.54) is 0 Å². The van der Waals surface area contributed by atoms with E-state index in [0.717, 1.165) is 42.7 Å². The lowest BCUT2D eigenvalue weighted by atomic mass is 10.1. The molecule has 196 valence electrons. The van der Waals surface area contributed by atoms with E-state index in [-0.39, 0.29) is 24.3 Å². The van der Waals surface area contributed by atoms with Crippen LogP contribution in [0, 0.1) is 5.92 Å². The van der Waals surface area contributed by atoms with Crippen molar-refractivity contribution in [1.29, 1.82) is 0 Å². The maximum Gasteiger partial charge on any atom is 0.246 e. The van der Waals surface area contributed by atoms with Crippen LogP contribution in [0.5, 0.6) is 11.5 Å². The molecule has 1 aromatic heterocycles. The molecule has 1 fully saturated rings. The summed E-state index contributed by atoms with van der Waals surface area (Å²) in [6.07, 6.45) is 5.70. The molecule has 1 N–H and O–H groups in total. The van der Waals surface area contributed by atoms with Crippen LogP contribution in [-0.4, -0.2) is 67.3 Å². The van der Waals surface area contributed by atoms with Crippen molar-refractivity contribution in [3.8, 4) is 28.4 Å². The molecule has 37 heavy (non-hydrogen) atoms. The highest BCUT2D eigenvalue weighted by Crippen LogP contribution is 2.28. The third-order valence-electron chi connectivity index (χ3n) is 6.59. The first kappa shape index (κ1) is 26.2.